The number of ketones is 1. The highest BCUT2D eigenvalue weighted by Crippen LogP contribution is 2.49. The standard InChI is InChI=1S/C9H12Cl2O3/c1-8(2,7(13)14)4-5-3-6(12)9(5,10)11/h5H,3-4H2,1-2H3,(H,13,14). The fourth-order valence-corrected chi connectivity index (χ4v) is 1.95. The van der Waals surface area contributed by atoms with Gasteiger partial charge in [0.25, 0.3) is 0 Å². The molecule has 0 aliphatic heterocycles. The van der Waals surface area contributed by atoms with Gasteiger partial charge in [0.1, 0.15) is 0 Å². The van der Waals surface area contributed by atoms with Crippen molar-refractivity contribution in [3.8, 4) is 0 Å². The topological polar surface area (TPSA) is 54.4 Å². The van der Waals surface area contributed by atoms with Crippen molar-refractivity contribution in [2.45, 2.75) is 31.0 Å². The second-order valence-electron chi connectivity index (χ2n) is 4.34. The Labute approximate surface area is 92.4 Å². The lowest BCUT2D eigenvalue weighted by molar-refractivity contribution is -0.149. The van der Waals surface area contributed by atoms with Gasteiger partial charge in [0.05, 0.1) is 5.41 Å². The first-order valence-corrected chi connectivity index (χ1v) is 5.08. The Morgan fingerprint density at radius 1 is 1.64 bits per heavy atom. The maximum atomic E-state index is 11.0. The van der Waals surface area contributed by atoms with Crippen molar-refractivity contribution in [1.82, 2.24) is 0 Å². The van der Waals surface area contributed by atoms with E-state index in [0.717, 1.165) is 0 Å². The fourth-order valence-electron chi connectivity index (χ4n) is 1.49. The molecule has 1 atom stereocenters. The highest BCUT2D eigenvalue weighted by atomic mass is 35.5. The van der Waals surface area contributed by atoms with Gasteiger partial charge in [-0.15, -0.1) is 0 Å². The van der Waals surface area contributed by atoms with Crippen molar-refractivity contribution in [1.29, 1.82) is 0 Å². The summed E-state index contributed by atoms with van der Waals surface area (Å²) >= 11 is 11.5. The van der Waals surface area contributed by atoms with Crippen LogP contribution in [0.15, 0.2) is 0 Å². The minimum atomic E-state index is -1.37. The minimum Gasteiger partial charge on any atom is -0.481 e. The average Bonchev–Trinajstić information content (AvgIpc) is 2.03. The Bertz CT molecular complexity index is 284. The number of halogens is 2. The normalized spacial score (nSPS) is 25.7. The number of carboxylic acid groups (broad SMARTS) is 1. The van der Waals surface area contributed by atoms with Gasteiger partial charge >= 0.3 is 5.97 Å². The molecule has 1 unspecified atom stereocenters. The number of Topliss-reactive ketones (excluding diaryl/α,β-unsaturated/α-hetero) is 1. The van der Waals surface area contributed by atoms with E-state index in [2.05, 4.69) is 0 Å². The predicted octanol–water partition coefficient (Wildman–Crippen LogP) is 2.25. The van der Waals surface area contributed by atoms with Gasteiger partial charge in [-0.05, 0) is 20.3 Å². The van der Waals surface area contributed by atoms with E-state index in [1.54, 1.807) is 13.8 Å². The van der Waals surface area contributed by atoms with Crippen molar-refractivity contribution in [2.75, 3.05) is 0 Å². The van der Waals surface area contributed by atoms with Gasteiger partial charge < -0.3 is 5.11 Å². The number of aliphatic carboxylic acids is 1. The van der Waals surface area contributed by atoms with Gasteiger partial charge in [0.2, 0.25) is 0 Å². The molecule has 0 amide bonds. The van der Waals surface area contributed by atoms with Crippen molar-refractivity contribution >= 4 is 35.0 Å². The third-order valence-corrected chi connectivity index (χ3v) is 3.69. The summed E-state index contributed by atoms with van der Waals surface area (Å²) < 4.78 is -1.37. The third kappa shape index (κ3) is 1.89. The lowest BCUT2D eigenvalue weighted by Crippen LogP contribution is -2.49. The van der Waals surface area contributed by atoms with Crippen LogP contribution in [-0.4, -0.2) is 21.2 Å². The van der Waals surface area contributed by atoms with Crippen LogP contribution in [0.2, 0.25) is 0 Å². The smallest absolute Gasteiger partial charge is 0.309 e. The van der Waals surface area contributed by atoms with Crippen LogP contribution in [0.25, 0.3) is 0 Å². The molecule has 0 bridgehead atoms. The van der Waals surface area contributed by atoms with Crippen LogP contribution in [0.3, 0.4) is 0 Å². The van der Waals surface area contributed by atoms with Gasteiger partial charge in [-0.25, -0.2) is 0 Å². The summed E-state index contributed by atoms with van der Waals surface area (Å²) in [5.74, 6) is -1.36. The SMILES string of the molecule is CC(C)(CC1CC(=O)C1(Cl)Cl)C(=O)O. The zero-order chi connectivity index (χ0) is 11.1. The molecular weight excluding hydrogens is 227 g/mol. The van der Waals surface area contributed by atoms with Crippen molar-refractivity contribution in [3.63, 3.8) is 0 Å². The Morgan fingerprint density at radius 2 is 2.14 bits per heavy atom. The molecule has 80 valence electrons. The molecule has 5 heteroatoms. The molecule has 0 saturated heterocycles. The Morgan fingerprint density at radius 3 is 2.43 bits per heavy atom. The van der Waals surface area contributed by atoms with Gasteiger partial charge in [0.15, 0.2) is 10.1 Å². The molecule has 1 rings (SSSR count). The van der Waals surface area contributed by atoms with E-state index < -0.39 is 15.7 Å². The third-order valence-electron chi connectivity index (χ3n) is 2.65. The van der Waals surface area contributed by atoms with Crippen molar-refractivity contribution in [2.24, 2.45) is 11.3 Å². The molecule has 1 N–H and O–H groups in total. The van der Waals surface area contributed by atoms with E-state index in [4.69, 9.17) is 28.3 Å². The first-order valence-electron chi connectivity index (χ1n) is 4.32. The second-order valence-corrected chi connectivity index (χ2v) is 5.73. The van der Waals surface area contributed by atoms with Crippen LogP contribution < -0.4 is 0 Å². The predicted molar refractivity (Wildman–Crippen MR) is 53.6 cm³/mol. The van der Waals surface area contributed by atoms with E-state index in [1.165, 1.54) is 0 Å². The zero-order valence-electron chi connectivity index (χ0n) is 8.01. The van der Waals surface area contributed by atoms with Crippen LogP contribution in [-0.2, 0) is 9.59 Å². The number of hydrogen-bond donors (Lipinski definition) is 1. The molecule has 1 aliphatic rings. The summed E-state index contributed by atoms with van der Waals surface area (Å²) in [5.41, 5.74) is -0.888. The van der Waals surface area contributed by atoms with E-state index in [1.807, 2.05) is 0 Å². The second kappa shape index (κ2) is 3.38. The molecule has 0 aromatic rings. The van der Waals surface area contributed by atoms with Gasteiger partial charge in [-0.1, -0.05) is 23.2 Å². The molecule has 0 aromatic carbocycles. The summed E-state index contributed by atoms with van der Waals surface area (Å²) in [4.78, 5) is 21.8. The molecule has 3 nitrogen and oxygen atoms in total. The van der Waals surface area contributed by atoms with Crippen molar-refractivity contribution in [3.05, 3.63) is 0 Å². The Kier molecular flexibility index (Phi) is 2.85. The van der Waals surface area contributed by atoms with E-state index in [9.17, 15) is 9.59 Å². The number of carbonyl (C=O) groups is 2. The molecule has 0 radical (unpaired) electrons. The molecule has 0 aromatic heterocycles. The quantitative estimate of drug-likeness (QED) is 0.768. The molecular formula is C9H12Cl2O3. The largest absolute Gasteiger partial charge is 0.481 e. The fraction of sp³-hybridized carbons (Fsp3) is 0.778. The van der Waals surface area contributed by atoms with Gasteiger partial charge in [-0.2, -0.15) is 0 Å². The summed E-state index contributed by atoms with van der Waals surface area (Å²) in [6, 6.07) is 0. The lowest BCUT2D eigenvalue weighted by atomic mass is 9.72. The van der Waals surface area contributed by atoms with Crippen LogP contribution in [0.5, 0.6) is 0 Å². The highest BCUT2D eigenvalue weighted by molar-refractivity contribution is 6.60. The van der Waals surface area contributed by atoms with E-state index in [0.29, 0.717) is 6.42 Å². The maximum Gasteiger partial charge on any atom is 0.309 e. The van der Waals surface area contributed by atoms with Gasteiger partial charge in [0, 0.05) is 12.3 Å². The van der Waals surface area contributed by atoms with E-state index >= 15 is 0 Å². The molecule has 14 heavy (non-hydrogen) atoms. The van der Waals surface area contributed by atoms with Crippen LogP contribution in [0, 0.1) is 11.3 Å². The lowest BCUT2D eigenvalue weighted by Gasteiger charge is -2.40. The molecule has 1 aliphatic carbocycles. The summed E-state index contributed by atoms with van der Waals surface area (Å²) in [5, 5.41) is 8.87. The van der Waals surface area contributed by atoms with E-state index in [-0.39, 0.29) is 18.1 Å². The highest BCUT2D eigenvalue weighted by Gasteiger charge is 2.54. The monoisotopic (exact) mass is 238 g/mol. The Hall–Kier alpha value is -0.280. The number of carboxylic acids is 1. The van der Waals surface area contributed by atoms with Crippen molar-refractivity contribution < 1.29 is 14.7 Å². The average molecular weight is 239 g/mol. The van der Waals surface area contributed by atoms with Crippen LogP contribution in [0.4, 0.5) is 0 Å². The number of alkyl halides is 2. The molecule has 0 spiro atoms. The summed E-state index contributed by atoms with van der Waals surface area (Å²) in [6.45, 7) is 3.20. The zero-order valence-corrected chi connectivity index (χ0v) is 9.52. The number of rotatable bonds is 3. The number of hydrogen-bond acceptors (Lipinski definition) is 2. The summed E-state index contributed by atoms with van der Waals surface area (Å²) in [7, 11) is 0. The minimum absolute atomic E-state index is 0.216. The molecule has 1 saturated carbocycles. The van der Waals surface area contributed by atoms with Crippen LogP contribution >= 0.6 is 23.2 Å². The van der Waals surface area contributed by atoms with Crippen LogP contribution in [0.1, 0.15) is 26.7 Å². The summed E-state index contributed by atoms with van der Waals surface area (Å²) in [6.07, 6.45) is 0.602. The van der Waals surface area contributed by atoms with Gasteiger partial charge in [-0.3, -0.25) is 9.59 Å². The molecule has 0 heterocycles. The first-order chi connectivity index (χ1) is 6.18. The maximum absolute atomic E-state index is 11.0. The molecule has 1 fully saturated rings. The number of carbonyl (C=O) groups excluding carboxylic acids is 1. The Balaban J connectivity index is 2.64. The first kappa shape index (κ1) is 11.8.